The zero-order valence-electron chi connectivity index (χ0n) is 14.8. The molecule has 0 aromatic rings. The van der Waals surface area contributed by atoms with E-state index in [2.05, 4.69) is 34.4 Å². The molecule has 0 bridgehead atoms. The minimum atomic E-state index is -0.178. The van der Waals surface area contributed by atoms with Gasteiger partial charge in [0.25, 0.3) is 0 Å². The van der Waals surface area contributed by atoms with Gasteiger partial charge < -0.3 is 25.5 Å². The maximum atomic E-state index is 11.9. The second-order valence-corrected chi connectivity index (χ2v) is 7.49. The van der Waals surface area contributed by atoms with Crippen molar-refractivity contribution in [2.24, 2.45) is 11.8 Å². The van der Waals surface area contributed by atoms with E-state index in [1.807, 2.05) is 0 Å². The van der Waals surface area contributed by atoms with Crippen LogP contribution in [0, 0.1) is 11.8 Å². The molecule has 0 aromatic carbocycles. The molecule has 1 heterocycles. The maximum absolute atomic E-state index is 11.9. The van der Waals surface area contributed by atoms with Crippen molar-refractivity contribution in [2.75, 3.05) is 52.9 Å². The summed E-state index contributed by atoms with van der Waals surface area (Å²) in [5.41, 5.74) is 0. The first-order chi connectivity index (χ1) is 11.0. The van der Waals surface area contributed by atoms with E-state index < -0.39 is 0 Å². The van der Waals surface area contributed by atoms with Crippen LogP contribution in [0.2, 0.25) is 0 Å². The number of carbonyl (C=O) groups excluding carboxylic acids is 1. The topological polar surface area (TPSA) is 67.8 Å². The summed E-state index contributed by atoms with van der Waals surface area (Å²) < 4.78 is 0. The minimum absolute atomic E-state index is 0.0738. The van der Waals surface area contributed by atoms with Crippen LogP contribution in [0.3, 0.4) is 0 Å². The second kappa shape index (κ2) is 9.45. The molecule has 6 nitrogen and oxygen atoms in total. The van der Waals surface area contributed by atoms with Gasteiger partial charge >= 0.3 is 6.03 Å². The highest BCUT2D eigenvalue weighted by molar-refractivity contribution is 5.73. The fourth-order valence-corrected chi connectivity index (χ4v) is 3.55. The van der Waals surface area contributed by atoms with Crippen LogP contribution >= 0.6 is 0 Å². The van der Waals surface area contributed by atoms with Gasteiger partial charge in [-0.15, -0.1) is 0 Å². The molecule has 3 atom stereocenters. The Morgan fingerprint density at radius 1 is 1.22 bits per heavy atom. The Morgan fingerprint density at radius 3 is 2.65 bits per heavy atom. The molecule has 6 heteroatoms. The van der Waals surface area contributed by atoms with Crippen LogP contribution in [0.15, 0.2) is 0 Å². The second-order valence-electron chi connectivity index (χ2n) is 7.49. The largest absolute Gasteiger partial charge is 0.393 e. The first-order valence-electron chi connectivity index (χ1n) is 9.13. The molecule has 1 aliphatic carbocycles. The van der Waals surface area contributed by atoms with Gasteiger partial charge in [-0.2, -0.15) is 0 Å². The Hall–Kier alpha value is -0.850. The van der Waals surface area contributed by atoms with E-state index in [4.69, 9.17) is 0 Å². The van der Waals surface area contributed by atoms with Crippen LogP contribution in [0.4, 0.5) is 4.79 Å². The molecule has 0 radical (unpaired) electrons. The molecule has 2 fully saturated rings. The molecule has 3 N–H and O–H groups in total. The number of urea groups is 1. The molecule has 1 saturated heterocycles. The zero-order valence-corrected chi connectivity index (χ0v) is 14.8. The van der Waals surface area contributed by atoms with Gasteiger partial charge in [0.05, 0.1) is 6.10 Å². The third-order valence-corrected chi connectivity index (χ3v) is 5.08. The van der Waals surface area contributed by atoms with E-state index in [1.165, 1.54) is 0 Å². The maximum Gasteiger partial charge on any atom is 0.314 e. The first kappa shape index (κ1) is 18.5. The molecule has 23 heavy (non-hydrogen) atoms. The third kappa shape index (κ3) is 7.06. The molecule has 2 aliphatic rings. The van der Waals surface area contributed by atoms with Crippen molar-refractivity contribution >= 4 is 6.03 Å². The lowest BCUT2D eigenvalue weighted by Gasteiger charge is -2.34. The smallest absolute Gasteiger partial charge is 0.314 e. The Labute approximate surface area is 140 Å². The van der Waals surface area contributed by atoms with Gasteiger partial charge in [-0.05, 0) is 38.1 Å². The predicted molar refractivity (Wildman–Crippen MR) is 92.5 cm³/mol. The molecular weight excluding hydrogens is 292 g/mol. The van der Waals surface area contributed by atoms with E-state index in [9.17, 15) is 9.90 Å². The number of piperazine rings is 1. The molecule has 1 saturated carbocycles. The van der Waals surface area contributed by atoms with Crippen molar-refractivity contribution < 1.29 is 9.90 Å². The summed E-state index contributed by atoms with van der Waals surface area (Å²) in [7, 11) is 2.16. The van der Waals surface area contributed by atoms with Gasteiger partial charge in [0, 0.05) is 45.8 Å². The number of aliphatic hydroxyl groups is 1. The fraction of sp³-hybridized carbons (Fsp3) is 0.941. The third-order valence-electron chi connectivity index (χ3n) is 5.08. The lowest BCUT2D eigenvalue weighted by atomic mass is 9.87. The number of hydrogen-bond donors (Lipinski definition) is 3. The van der Waals surface area contributed by atoms with E-state index in [0.29, 0.717) is 24.9 Å². The van der Waals surface area contributed by atoms with Crippen molar-refractivity contribution in [3.05, 3.63) is 0 Å². The van der Waals surface area contributed by atoms with E-state index in [0.717, 1.165) is 58.4 Å². The lowest BCUT2D eigenvalue weighted by Crippen LogP contribution is -2.47. The molecule has 2 rings (SSSR count). The minimum Gasteiger partial charge on any atom is -0.393 e. The normalized spacial score (nSPS) is 28.3. The van der Waals surface area contributed by atoms with Crippen LogP contribution in [0.5, 0.6) is 0 Å². The van der Waals surface area contributed by atoms with Crippen molar-refractivity contribution in [1.29, 1.82) is 0 Å². The highest BCUT2D eigenvalue weighted by Crippen LogP contribution is 2.23. The summed E-state index contributed by atoms with van der Waals surface area (Å²) in [6, 6.07) is -0.0738. The van der Waals surface area contributed by atoms with E-state index in [-0.39, 0.29) is 12.1 Å². The van der Waals surface area contributed by atoms with Crippen molar-refractivity contribution in [2.45, 2.75) is 38.7 Å². The van der Waals surface area contributed by atoms with E-state index in [1.54, 1.807) is 0 Å². The van der Waals surface area contributed by atoms with Crippen LogP contribution < -0.4 is 10.6 Å². The Balaban J connectivity index is 1.54. The van der Waals surface area contributed by atoms with Gasteiger partial charge in [0.2, 0.25) is 0 Å². The summed E-state index contributed by atoms with van der Waals surface area (Å²) >= 11 is 0. The van der Waals surface area contributed by atoms with Gasteiger partial charge in [0.1, 0.15) is 0 Å². The predicted octanol–water partition coefficient (Wildman–Crippen LogP) is 0.720. The molecule has 1 aliphatic heterocycles. The Morgan fingerprint density at radius 2 is 1.96 bits per heavy atom. The fourth-order valence-electron chi connectivity index (χ4n) is 3.55. The zero-order chi connectivity index (χ0) is 16.7. The summed E-state index contributed by atoms with van der Waals surface area (Å²) in [6.07, 6.45) is 3.73. The van der Waals surface area contributed by atoms with Gasteiger partial charge in [-0.3, -0.25) is 0 Å². The van der Waals surface area contributed by atoms with Crippen molar-refractivity contribution in [3.8, 4) is 0 Å². The van der Waals surface area contributed by atoms with Crippen LogP contribution in [-0.4, -0.2) is 79.9 Å². The highest BCUT2D eigenvalue weighted by atomic mass is 16.3. The standard InChI is InChI=1S/C17H34N4O2/c1-14(13-21-8-6-20(2)7-9-21)11-18-17(23)19-12-15-4-3-5-16(22)10-15/h14-16,22H,3-13H2,1-2H3,(H2,18,19,23). The van der Waals surface area contributed by atoms with Crippen LogP contribution in [0.25, 0.3) is 0 Å². The SMILES string of the molecule is CC(CNC(=O)NCC1CCCC(O)C1)CN1CCN(C)CC1. The number of nitrogens with zero attached hydrogens (tertiary/aromatic N) is 2. The summed E-state index contributed by atoms with van der Waals surface area (Å²) in [6.45, 7) is 9.13. The number of nitrogens with one attached hydrogen (secondary N) is 2. The highest BCUT2D eigenvalue weighted by Gasteiger charge is 2.21. The molecular formula is C17H34N4O2. The number of amides is 2. The molecule has 0 spiro atoms. The van der Waals surface area contributed by atoms with Gasteiger partial charge in [0.15, 0.2) is 0 Å². The lowest BCUT2D eigenvalue weighted by molar-refractivity contribution is 0.101. The first-order valence-corrected chi connectivity index (χ1v) is 9.13. The van der Waals surface area contributed by atoms with Crippen molar-refractivity contribution in [3.63, 3.8) is 0 Å². The van der Waals surface area contributed by atoms with Crippen LogP contribution in [0.1, 0.15) is 32.6 Å². The molecule has 0 aromatic heterocycles. The molecule has 2 amide bonds. The Bertz CT molecular complexity index is 359. The van der Waals surface area contributed by atoms with Gasteiger partial charge in [-0.1, -0.05) is 13.3 Å². The average Bonchev–Trinajstić information content (AvgIpc) is 2.53. The monoisotopic (exact) mass is 326 g/mol. The van der Waals surface area contributed by atoms with Crippen molar-refractivity contribution in [1.82, 2.24) is 20.4 Å². The summed E-state index contributed by atoms with van der Waals surface area (Å²) in [5.74, 6) is 0.882. The molecule has 3 unspecified atom stereocenters. The van der Waals surface area contributed by atoms with Crippen LogP contribution in [-0.2, 0) is 0 Å². The number of hydrogen-bond acceptors (Lipinski definition) is 4. The van der Waals surface area contributed by atoms with Gasteiger partial charge in [-0.25, -0.2) is 4.79 Å². The van der Waals surface area contributed by atoms with E-state index >= 15 is 0 Å². The number of aliphatic hydroxyl groups excluding tert-OH is 1. The number of carbonyl (C=O) groups is 1. The Kier molecular flexibility index (Phi) is 7.59. The summed E-state index contributed by atoms with van der Waals surface area (Å²) in [5, 5.41) is 15.6. The number of rotatable bonds is 6. The average molecular weight is 326 g/mol. The molecule has 134 valence electrons. The summed E-state index contributed by atoms with van der Waals surface area (Å²) in [4.78, 5) is 16.7. The quantitative estimate of drug-likeness (QED) is 0.673. The number of likely N-dealkylation sites (N-methyl/N-ethyl adjacent to an activating group) is 1.